The van der Waals surface area contributed by atoms with Gasteiger partial charge in [-0.25, -0.2) is 9.78 Å². The number of urea groups is 1. The minimum absolute atomic E-state index is 0. The number of piperazine rings is 1. The summed E-state index contributed by atoms with van der Waals surface area (Å²) in [4.78, 5) is 30.9. The second-order valence-corrected chi connectivity index (χ2v) is 7.14. The van der Waals surface area contributed by atoms with Crippen molar-refractivity contribution in [3.63, 3.8) is 0 Å². The summed E-state index contributed by atoms with van der Waals surface area (Å²) in [6.07, 6.45) is 11.9. The molecule has 1 aromatic heterocycles. The van der Waals surface area contributed by atoms with Gasteiger partial charge in [0.2, 0.25) is 5.91 Å². The lowest BCUT2D eigenvalue weighted by molar-refractivity contribution is -0.126. The average Bonchev–Trinajstić information content (AvgIpc) is 3.19. The van der Waals surface area contributed by atoms with Crippen molar-refractivity contribution < 1.29 is 9.59 Å². The first kappa shape index (κ1) is 23.9. The number of nitrogens with one attached hydrogen (secondary N) is 3. The predicted molar refractivity (Wildman–Crippen MR) is 112 cm³/mol. The first-order valence-corrected chi connectivity index (χ1v) is 9.75. The highest BCUT2D eigenvalue weighted by molar-refractivity contribution is 5.87. The molecule has 1 saturated carbocycles. The van der Waals surface area contributed by atoms with Gasteiger partial charge in [0, 0.05) is 51.2 Å². The molecule has 2 heterocycles. The largest absolute Gasteiger partial charge is 0.354 e. The van der Waals surface area contributed by atoms with Crippen LogP contribution in [0.2, 0.25) is 0 Å². The summed E-state index contributed by atoms with van der Waals surface area (Å²) in [5.41, 5.74) is 0. The molecule has 28 heavy (non-hydrogen) atoms. The molecule has 1 aromatic rings. The molecule has 1 aliphatic heterocycles. The number of aromatic nitrogens is 2. The predicted octanol–water partition coefficient (Wildman–Crippen LogP) is 1.98. The van der Waals surface area contributed by atoms with E-state index in [-0.39, 0.29) is 32.8 Å². The van der Waals surface area contributed by atoms with E-state index < -0.39 is 6.04 Å². The first-order valence-electron chi connectivity index (χ1n) is 9.75. The summed E-state index contributed by atoms with van der Waals surface area (Å²) in [7, 11) is 0. The number of rotatable bonds is 6. The Bertz CT molecular complexity index is 571. The molecule has 3 rings (SSSR count). The Morgan fingerprint density at radius 2 is 1.96 bits per heavy atom. The molecular weight excluding hydrogens is 356 g/mol. The Morgan fingerprint density at radius 3 is 2.68 bits per heavy atom. The third-order valence-electron chi connectivity index (χ3n) is 5.19. The fourth-order valence-corrected chi connectivity index (χ4v) is 3.70. The van der Waals surface area contributed by atoms with Crippen LogP contribution in [0.3, 0.4) is 0 Å². The number of amides is 3. The van der Waals surface area contributed by atoms with Crippen LogP contribution in [0.5, 0.6) is 0 Å². The third kappa shape index (κ3) is 6.82. The van der Waals surface area contributed by atoms with Gasteiger partial charge in [0.25, 0.3) is 0 Å². The Balaban J connectivity index is 0.00000196. The molecule has 2 fully saturated rings. The summed E-state index contributed by atoms with van der Waals surface area (Å²) in [5, 5.41) is 9.32. The molecule has 3 N–H and O–H groups in total. The fourth-order valence-electron chi connectivity index (χ4n) is 3.70. The molecule has 0 spiro atoms. The average molecular weight is 395 g/mol. The van der Waals surface area contributed by atoms with Crippen molar-refractivity contribution in [2.45, 2.75) is 72.0 Å². The molecule has 2 aliphatic rings. The zero-order valence-electron chi connectivity index (χ0n) is 15.3. The minimum atomic E-state index is -0.444. The van der Waals surface area contributed by atoms with Crippen molar-refractivity contribution >= 4 is 11.9 Å². The SMILES string of the molecule is C.C.O=C(NCCCn1ccnc1)[C@H]1CNCCN1C(=O)NC1CCCCC1. The summed E-state index contributed by atoms with van der Waals surface area (Å²) in [6.45, 7) is 3.19. The number of hydrogen-bond acceptors (Lipinski definition) is 4. The van der Waals surface area contributed by atoms with E-state index >= 15 is 0 Å². The maximum Gasteiger partial charge on any atom is 0.318 e. The molecule has 1 aliphatic carbocycles. The molecular formula is C20H38N6O2. The van der Waals surface area contributed by atoms with Gasteiger partial charge in [-0.1, -0.05) is 34.1 Å². The van der Waals surface area contributed by atoms with Crippen molar-refractivity contribution in [1.29, 1.82) is 0 Å². The van der Waals surface area contributed by atoms with E-state index in [1.807, 2.05) is 10.8 Å². The zero-order valence-corrected chi connectivity index (χ0v) is 15.3. The van der Waals surface area contributed by atoms with Gasteiger partial charge in [0.1, 0.15) is 6.04 Å². The van der Waals surface area contributed by atoms with Crippen molar-refractivity contribution in [2.24, 2.45) is 0 Å². The van der Waals surface area contributed by atoms with E-state index in [1.165, 1.54) is 19.3 Å². The fraction of sp³-hybridized carbons (Fsp3) is 0.750. The number of imidazole rings is 1. The number of carbonyl (C=O) groups is 2. The number of carbonyl (C=O) groups excluding carboxylic acids is 2. The van der Waals surface area contributed by atoms with Gasteiger partial charge in [0.05, 0.1) is 6.33 Å². The zero-order chi connectivity index (χ0) is 18.2. The van der Waals surface area contributed by atoms with Gasteiger partial charge in [0.15, 0.2) is 0 Å². The molecule has 1 saturated heterocycles. The monoisotopic (exact) mass is 394 g/mol. The van der Waals surface area contributed by atoms with Crippen LogP contribution >= 0.6 is 0 Å². The molecule has 3 amide bonds. The highest BCUT2D eigenvalue weighted by Crippen LogP contribution is 2.18. The van der Waals surface area contributed by atoms with Crippen LogP contribution in [-0.4, -0.2) is 64.7 Å². The van der Waals surface area contributed by atoms with Crippen molar-refractivity contribution in [3.8, 4) is 0 Å². The topological polar surface area (TPSA) is 91.3 Å². The second-order valence-electron chi connectivity index (χ2n) is 7.14. The number of hydrogen-bond donors (Lipinski definition) is 3. The molecule has 0 unspecified atom stereocenters. The van der Waals surface area contributed by atoms with E-state index in [0.29, 0.717) is 19.6 Å². The Kier molecular flexibility index (Phi) is 10.6. The van der Waals surface area contributed by atoms with Crippen LogP contribution in [0.25, 0.3) is 0 Å². The van der Waals surface area contributed by atoms with Gasteiger partial charge < -0.3 is 25.4 Å². The van der Waals surface area contributed by atoms with E-state index in [1.54, 1.807) is 17.4 Å². The minimum Gasteiger partial charge on any atom is -0.354 e. The van der Waals surface area contributed by atoms with Crippen LogP contribution < -0.4 is 16.0 Å². The first-order chi connectivity index (χ1) is 12.7. The summed E-state index contributed by atoms with van der Waals surface area (Å²) in [5.74, 6) is -0.0818. The Labute approximate surface area is 169 Å². The van der Waals surface area contributed by atoms with Crippen molar-refractivity contribution in [1.82, 2.24) is 30.4 Å². The van der Waals surface area contributed by atoms with Gasteiger partial charge in [-0.05, 0) is 19.3 Å². The molecule has 0 radical (unpaired) electrons. The van der Waals surface area contributed by atoms with Gasteiger partial charge >= 0.3 is 6.03 Å². The van der Waals surface area contributed by atoms with Gasteiger partial charge in [-0.15, -0.1) is 0 Å². The molecule has 0 aromatic carbocycles. The van der Waals surface area contributed by atoms with E-state index in [0.717, 1.165) is 32.4 Å². The molecule has 8 nitrogen and oxygen atoms in total. The quantitative estimate of drug-likeness (QED) is 0.644. The lowest BCUT2D eigenvalue weighted by atomic mass is 9.96. The van der Waals surface area contributed by atoms with E-state index in [2.05, 4.69) is 20.9 Å². The summed E-state index contributed by atoms with van der Waals surface area (Å²) >= 11 is 0. The Morgan fingerprint density at radius 1 is 1.18 bits per heavy atom. The smallest absolute Gasteiger partial charge is 0.318 e. The molecule has 0 bridgehead atoms. The van der Waals surface area contributed by atoms with Crippen LogP contribution in [0.4, 0.5) is 4.79 Å². The normalized spacial score (nSPS) is 19.9. The van der Waals surface area contributed by atoms with Crippen molar-refractivity contribution in [2.75, 3.05) is 26.2 Å². The van der Waals surface area contributed by atoms with Gasteiger partial charge in [-0.2, -0.15) is 0 Å². The summed E-state index contributed by atoms with van der Waals surface area (Å²) in [6, 6.07) is -0.289. The summed E-state index contributed by atoms with van der Waals surface area (Å²) < 4.78 is 1.98. The van der Waals surface area contributed by atoms with Crippen LogP contribution in [0, 0.1) is 0 Å². The van der Waals surface area contributed by atoms with E-state index in [4.69, 9.17) is 0 Å². The van der Waals surface area contributed by atoms with Crippen LogP contribution in [-0.2, 0) is 11.3 Å². The standard InChI is InChI=1S/C18H30N6O2.2CH4/c25-17(21-7-4-10-23-11-8-20-14-23)16-13-19-9-12-24(16)18(26)22-15-5-2-1-3-6-15;;/h8,11,14-16,19H,1-7,9-10,12-13H2,(H,21,25)(H,22,26);2*1H4/t16-;;/m1../s1. The van der Waals surface area contributed by atoms with Gasteiger partial charge in [-0.3, -0.25) is 4.79 Å². The highest BCUT2D eigenvalue weighted by Gasteiger charge is 2.32. The second kappa shape index (κ2) is 12.4. The number of nitrogens with zero attached hydrogens (tertiary/aromatic N) is 3. The maximum absolute atomic E-state index is 12.7. The number of aryl methyl sites for hydroxylation is 1. The van der Waals surface area contributed by atoms with Crippen molar-refractivity contribution in [3.05, 3.63) is 18.7 Å². The lowest BCUT2D eigenvalue weighted by Crippen LogP contribution is -2.62. The molecule has 1 atom stereocenters. The molecule has 8 heteroatoms. The highest BCUT2D eigenvalue weighted by atomic mass is 16.2. The van der Waals surface area contributed by atoms with Crippen LogP contribution in [0.15, 0.2) is 18.7 Å². The Hall–Kier alpha value is -2.09. The third-order valence-corrected chi connectivity index (χ3v) is 5.19. The maximum atomic E-state index is 12.7. The molecule has 160 valence electrons. The van der Waals surface area contributed by atoms with E-state index in [9.17, 15) is 9.59 Å². The van der Waals surface area contributed by atoms with Crippen LogP contribution in [0.1, 0.15) is 53.4 Å². The lowest BCUT2D eigenvalue weighted by Gasteiger charge is -2.36.